The highest BCUT2D eigenvalue weighted by molar-refractivity contribution is 5.91. The van der Waals surface area contributed by atoms with Crippen molar-refractivity contribution in [3.05, 3.63) is 30.7 Å². The first-order valence-electron chi connectivity index (χ1n) is 4.48. The van der Waals surface area contributed by atoms with E-state index in [0.29, 0.717) is 0 Å². The van der Waals surface area contributed by atoms with Gasteiger partial charge in [0.2, 0.25) is 0 Å². The van der Waals surface area contributed by atoms with Crippen LogP contribution in [0.5, 0.6) is 0 Å². The van der Waals surface area contributed by atoms with Crippen LogP contribution in [0.2, 0.25) is 0 Å². The van der Waals surface area contributed by atoms with E-state index in [9.17, 15) is 4.79 Å². The Morgan fingerprint density at radius 2 is 2.25 bits per heavy atom. The third-order valence-corrected chi connectivity index (χ3v) is 1.86. The molecule has 2 rings (SSSR count). The van der Waals surface area contributed by atoms with Crippen LogP contribution in [0.15, 0.2) is 30.7 Å². The van der Waals surface area contributed by atoms with Gasteiger partial charge in [-0.15, -0.1) is 5.10 Å². The predicted octanol–water partition coefficient (Wildman–Crippen LogP) is 1.03. The summed E-state index contributed by atoms with van der Waals surface area (Å²) in [4.78, 5) is 19.8. The fraction of sp³-hybridized carbons (Fsp3) is 0.111. The highest BCUT2D eigenvalue weighted by Crippen LogP contribution is 2.18. The lowest BCUT2D eigenvalue weighted by atomic mass is 10.4. The molecule has 0 aliphatic carbocycles. The van der Waals surface area contributed by atoms with Gasteiger partial charge in [0.05, 0.1) is 0 Å². The summed E-state index contributed by atoms with van der Waals surface area (Å²) in [5.74, 6) is 0.343. The molecule has 2 aromatic heterocycles. The SMILES string of the molecule is Cn1cnc(N(C(=O)O)c2ccccn2)n1. The van der Waals surface area contributed by atoms with Crippen LogP contribution in [0.1, 0.15) is 0 Å². The maximum absolute atomic E-state index is 11.1. The number of pyridine rings is 1. The highest BCUT2D eigenvalue weighted by atomic mass is 16.4. The highest BCUT2D eigenvalue weighted by Gasteiger charge is 2.21. The minimum absolute atomic E-state index is 0.0775. The van der Waals surface area contributed by atoms with Crippen LogP contribution in [-0.2, 0) is 7.05 Å². The van der Waals surface area contributed by atoms with Crippen LogP contribution in [0, 0.1) is 0 Å². The first-order valence-corrected chi connectivity index (χ1v) is 4.48. The number of carboxylic acid groups (broad SMARTS) is 1. The lowest BCUT2D eigenvalue weighted by Gasteiger charge is -2.13. The third kappa shape index (κ3) is 1.83. The molecular weight excluding hydrogens is 210 g/mol. The van der Waals surface area contributed by atoms with Crippen LogP contribution < -0.4 is 4.90 Å². The molecule has 0 fully saturated rings. The van der Waals surface area contributed by atoms with E-state index in [1.165, 1.54) is 17.2 Å². The number of hydrogen-bond acceptors (Lipinski definition) is 4. The molecule has 2 heterocycles. The molecule has 0 saturated carbocycles. The number of hydrogen-bond donors (Lipinski definition) is 1. The van der Waals surface area contributed by atoms with Crippen molar-refractivity contribution in [2.45, 2.75) is 0 Å². The molecule has 0 saturated heterocycles. The van der Waals surface area contributed by atoms with Crippen molar-refractivity contribution in [2.75, 3.05) is 4.90 Å². The Morgan fingerprint density at radius 1 is 1.44 bits per heavy atom. The molecule has 0 aliphatic rings. The molecule has 1 amide bonds. The van der Waals surface area contributed by atoms with Crippen molar-refractivity contribution < 1.29 is 9.90 Å². The van der Waals surface area contributed by atoms with Crippen molar-refractivity contribution in [1.82, 2.24) is 19.7 Å². The second-order valence-electron chi connectivity index (χ2n) is 3.02. The summed E-state index contributed by atoms with van der Waals surface area (Å²) in [6.45, 7) is 0. The van der Waals surface area contributed by atoms with E-state index in [1.54, 1.807) is 25.2 Å². The van der Waals surface area contributed by atoms with Gasteiger partial charge in [0.1, 0.15) is 12.1 Å². The van der Waals surface area contributed by atoms with Gasteiger partial charge in [-0.3, -0.25) is 4.68 Å². The zero-order valence-corrected chi connectivity index (χ0v) is 8.48. The van der Waals surface area contributed by atoms with Gasteiger partial charge in [-0.2, -0.15) is 9.88 Å². The fourth-order valence-corrected chi connectivity index (χ4v) is 1.20. The maximum atomic E-state index is 11.1. The maximum Gasteiger partial charge on any atom is 0.420 e. The Bertz CT molecular complexity index is 496. The topological polar surface area (TPSA) is 84.1 Å². The first kappa shape index (κ1) is 10.1. The van der Waals surface area contributed by atoms with Crippen molar-refractivity contribution >= 4 is 17.9 Å². The van der Waals surface area contributed by atoms with Crippen LogP contribution in [-0.4, -0.2) is 30.9 Å². The van der Waals surface area contributed by atoms with Crippen LogP contribution in [0.4, 0.5) is 16.6 Å². The zero-order chi connectivity index (χ0) is 11.5. The van der Waals surface area contributed by atoms with E-state index in [1.807, 2.05) is 0 Å². The largest absolute Gasteiger partial charge is 0.464 e. The standard InChI is InChI=1S/C9H9N5O2/c1-13-6-11-8(12-13)14(9(15)16)7-4-2-3-5-10-7/h2-6H,1H3,(H,15,16). The summed E-state index contributed by atoms with van der Waals surface area (Å²) < 4.78 is 1.42. The molecule has 2 aromatic rings. The Balaban J connectivity index is 2.43. The van der Waals surface area contributed by atoms with Gasteiger partial charge >= 0.3 is 6.09 Å². The Hall–Kier alpha value is -2.44. The van der Waals surface area contributed by atoms with Gasteiger partial charge in [-0.25, -0.2) is 9.78 Å². The minimum atomic E-state index is -1.18. The zero-order valence-electron chi connectivity index (χ0n) is 8.48. The number of rotatable bonds is 2. The van der Waals surface area contributed by atoms with Gasteiger partial charge in [0.25, 0.3) is 5.95 Å². The lowest BCUT2D eigenvalue weighted by Crippen LogP contribution is -2.25. The Labute approximate surface area is 91.0 Å². The number of aromatic nitrogens is 4. The smallest absolute Gasteiger partial charge is 0.420 e. The number of anilines is 2. The van der Waals surface area contributed by atoms with Crippen LogP contribution in [0.3, 0.4) is 0 Å². The molecule has 0 aliphatic heterocycles. The summed E-state index contributed by atoms with van der Waals surface area (Å²) >= 11 is 0. The molecule has 0 aromatic carbocycles. The van der Waals surface area contributed by atoms with Gasteiger partial charge in [0.15, 0.2) is 0 Å². The molecule has 0 unspecified atom stereocenters. The Kier molecular flexibility index (Phi) is 2.50. The van der Waals surface area contributed by atoms with E-state index in [-0.39, 0.29) is 11.8 Å². The normalized spacial score (nSPS) is 10.1. The molecule has 7 nitrogen and oxygen atoms in total. The first-order chi connectivity index (χ1) is 7.68. The fourth-order valence-electron chi connectivity index (χ4n) is 1.20. The van der Waals surface area contributed by atoms with Gasteiger partial charge in [0, 0.05) is 13.2 Å². The second kappa shape index (κ2) is 3.97. The molecule has 16 heavy (non-hydrogen) atoms. The molecule has 0 spiro atoms. The molecule has 7 heteroatoms. The van der Waals surface area contributed by atoms with E-state index in [0.717, 1.165) is 4.90 Å². The van der Waals surface area contributed by atoms with Gasteiger partial charge in [-0.1, -0.05) is 6.07 Å². The molecule has 0 bridgehead atoms. The van der Waals surface area contributed by atoms with Crippen molar-refractivity contribution in [3.8, 4) is 0 Å². The average Bonchev–Trinajstić information content (AvgIpc) is 2.66. The van der Waals surface area contributed by atoms with Crippen LogP contribution >= 0.6 is 0 Å². The van der Waals surface area contributed by atoms with Crippen molar-refractivity contribution in [2.24, 2.45) is 7.05 Å². The number of nitrogens with zero attached hydrogens (tertiary/aromatic N) is 5. The number of carbonyl (C=O) groups is 1. The van der Waals surface area contributed by atoms with Crippen molar-refractivity contribution in [1.29, 1.82) is 0 Å². The van der Waals surface area contributed by atoms with E-state index in [2.05, 4.69) is 15.1 Å². The van der Waals surface area contributed by atoms with Gasteiger partial charge in [-0.05, 0) is 12.1 Å². The Morgan fingerprint density at radius 3 is 2.75 bits per heavy atom. The molecule has 0 radical (unpaired) electrons. The molecule has 1 N–H and O–H groups in total. The number of aryl methyl sites for hydroxylation is 1. The summed E-state index contributed by atoms with van der Waals surface area (Å²) in [6, 6.07) is 4.97. The van der Waals surface area contributed by atoms with Gasteiger partial charge < -0.3 is 5.11 Å². The van der Waals surface area contributed by atoms with Crippen molar-refractivity contribution in [3.63, 3.8) is 0 Å². The second-order valence-corrected chi connectivity index (χ2v) is 3.02. The summed E-state index contributed by atoms with van der Waals surface area (Å²) in [6.07, 6.45) is 1.76. The van der Waals surface area contributed by atoms with E-state index >= 15 is 0 Å². The van der Waals surface area contributed by atoms with E-state index < -0.39 is 6.09 Å². The summed E-state index contributed by atoms with van der Waals surface area (Å²) in [7, 11) is 1.66. The lowest BCUT2D eigenvalue weighted by molar-refractivity contribution is 0.204. The van der Waals surface area contributed by atoms with Crippen LogP contribution in [0.25, 0.3) is 0 Å². The third-order valence-electron chi connectivity index (χ3n) is 1.86. The molecule has 0 atom stereocenters. The summed E-state index contributed by atoms with van der Waals surface area (Å²) in [5.41, 5.74) is 0. The van der Waals surface area contributed by atoms with E-state index in [4.69, 9.17) is 5.11 Å². The number of amides is 1. The minimum Gasteiger partial charge on any atom is -0.464 e. The predicted molar refractivity (Wildman–Crippen MR) is 55.4 cm³/mol. The molecule has 82 valence electrons. The molecular formula is C9H9N5O2. The average molecular weight is 219 g/mol. The monoisotopic (exact) mass is 219 g/mol. The summed E-state index contributed by atoms with van der Waals surface area (Å²) in [5, 5.41) is 13.0. The quantitative estimate of drug-likeness (QED) is 0.815.